The zero-order valence-corrected chi connectivity index (χ0v) is 52.0. The summed E-state index contributed by atoms with van der Waals surface area (Å²) < 4.78 is 0. The van der Waals surface area contributed by atoms with E-state index in [9.17, 15) is 0 Å². The summed E-state index contributed by atoms with van der Waals surface area (Å²) in [5.74, 6) is 0. The van der Waals surface area contributed by atoms with Gasteiger partial charge in [-0.25, -0.2) is 0 Å². The smallest absolute Gasteiger partial charge is 0.0525 e. The van der Waals surface area contributed by atoms with Gasteiger partial charge in [-0.2, -0.15) is 0 Å². The van der Waals surface area contributed by atoms with E-state index in [1.54, 1.807) is 13.8 Å². The topological polar surface area (TPSA) is 46.9 Å². The minimum atomic E-state index is 0.250. The number of anilines is 6. The van der Waals surface area contributed by atoms with Crippen LogP contribution in [0, 0.1) is 138 Å². The van der Waals surface area contributed by atoms with E-state index in [4.69, 9.17) is 10.2 Å². The fraction of sp³-hybridized carbons (Fsp3) is 0.471. The number of nitrogens with zero attached hydrogens (tertiary/aromatic N) is 2. The number of aliphatic hydroxyl groups is 2. The van der Waals surface area contributed by atoms with Crippen molar-refractivity contribution in [1.29, 1.82) is 0 Å². The van der Waals surface area contributed by atoms with Crippen molar-refractivity contribution in [3.05, 3.63) is 172 Å². The Labute approximate surface area is 445 Å². The van der Waals surface area contributed by atoms with Gasteiger partial charge in [0.05, 0.1) is 22.7 Å². The molecule has 4 heteroatoms. The summed E-state index contributed by atoms with van der Waals surface area (Å²) in [6.07, 6.45) is 0. The Bertz CT molecular complexity index is 2150. The van der Waals surface area contributed by atoms with Crippen molar-refractivity contribution in [2.24, 2.45) is 0 Å². The van der Waals surface area contributed by atoms with Gasteiger partial charge in [0, 0.05) is 24.6 Å². The summed E-state index contributed by atoms with van der Waals surface area (Å²) in [4.78, 5) is 5.02. The fourth-order valence-corrected chi connectivity index (χ4v) is 9.16. The summed E-state index contributed by atoms with van der Waals surface area (Å²) in [6, 6.07) is 21.7. The van der Waals surface area contributed by atoms with Crippen LogP contribution in [-0.2, 0) is 0 Å². The first-order valence-electron chi connectivity index (χ1n) is 27.2. The maximum absolute atomic E-state index is 7.57. The third-order valence-corrected chi connectivity index (χ3v) is 14.8. The molecule has 0 bridgehead atoms. The van der Waals surface area contributed by atoms with E-state index in [1.807, 2.05) is 55.4 Å². The Morgan fingerprint density at radius 3 is 0.472 bits per heavy atom. The summed E-state index contributed by atoms with van der Waals surface area (Å²) in [5.41, 5.74) is 35.4. The van der Waals surface area contributed by atoms with Crippen LogP contribution in [0.1, 0.15) is 181 Å². The van der Waals surface area contributed by atoms with E-state index in [0.717, 1.165) is 0 Å². The average Bonchev–Trinajstić information content (AvgIpc) is 3.41. The summed E-state index contributed by atoms with van der Waals surface area (Å²) in [5, 5.41) is 15.1. The number of benzene rings is 6. The Morgan fingerprint density at radius 1 is 0.236 bits per heavy atom. The number of para-hydroxylation sites is 2. The van der Waals surface area contributed by atoms with Crippen molar-refractivity contribution < 1.29 is 10.2 Å². The van der Waals surface area contributed by atoms with Crippen molar-refractivity contribution in [2.75, 3.05) is 23.0 Å². The number of aliphatic hydroxyl groups excluding tert-OH is 2. The van der Waals surface area contributed by atoms with E-state index in [0.29, 0.717) is 0 Å². The maximum Gasteiger partial charge on any atom is 0.0525 e. The maximum atomic E-state index is 7.57. The first-order valence-corrected chi connectivity index (χ1v) is 27.2. The number of rotatable bonds is 6. The lowest BCUT2D eigenvalue weighted by Gasteiger charge is -2.34. The van der Waals surface area contributed by atoms with Crippen LogP contribution >= 0.6 is 0 Å². The van der Waals surface area contributed by atoms with Crippen molar-refractivity contribution in [1.82, 2.24) is 0 Å². The second-order valence-electron chi connectivity index (χ2n) is 17.9. The van der Waals surface area contributed by atoms with E-state index >= 15 is 0 Å². The van der Waals surface area contributed by atoms with Gasteiger partial charge in [0.2, 0.25) is 0 Å². The predicted molar refractivity (Wildman–Crippen MR) is 328 cm³/mol. The molecule has 0 unspecified atom stereocenters. The van der Waals surface area contributed by atoms with Crippen molar-refractivity contribution in [2.45, 2.75) is 208 Å². The van der Waals surface area contributed by atoms with Gasteiger partial charge in [0.15, 0.2) is 0 Å². The van der Waals surface area contributed by atoms with Gasteiger partial charge in [0.25, 0.3) is 0 Å². The van der Waals surface area contributed by atoms with Gasteiger partial charge in [-0.15, -0.1) is 0 Å². The van der Waals surface area contributed by atoms with Crippen molar-refractivity contribution >= 4 is 34.1 Å². The standard InChI is InChI=1S/2C28H35N.2C2H6O.4C2H6/c2*1-16-18(3)22(7)27(23(8)19(16)4)29(26-14-12-11-13-15-26)28-24(9)20(5)17(2)21(6)25(28)10;2*1-2-3;4*1-2/h2*11-15H,1-10H3;2*3H,2H2,1H3;4*1-2H3. The summed E-state index contributed by atoms with van der Waals surface area (Å²) in [6.45, 7) is 65.1. The minimum Gasteiger partial charge on any atom is -0.397 e. The van der Waals surface area contributed by atoms with Gasteiger partial charge < -0.3 is 20.0 Å². The largest absolute Gasteiger partial charge is 0.397 e. The van der Waals surface area contributed by atoms with E-state index < -0.39 is 0 Å². The second-order valence-corrected chi connectivity index (χ2v) is 17.9. The molecule has 0 heterocycles. The van der Waals surface area contributed by atoms with Crippen LogP contribution in [0.15, 0.2) is 60.7 Å². The molecule has 0 spiro atoms. The highest BCUT2D eigenvalue weighted by Crippen LogP contribution is 2.48. The van der Waals surface area contributed by atoms with Gasteiger partial charge in [-0.3, -0.25) is 0 Å². The third kappa shape index (κ3) is 15.4. The molecule has 0 fully saturated rings. The monoisotopic (exact) mass is 983 g/mol. The molecule has 72 heavy (non-hydrogen) atoms. The molecule has 6 rings (SSSR count). The molecule has 0 atom stereocenters. The van der Waals surface area contributed by atoms with Gasteiger partial charge >= 0.3 is 0 Å². The summed E-state index contributed by atoms with van der Waals surface area (Å²) >= 11 is 0. The molecule has 0 aromatic heterocycles. The SMILES string of the molecule is CC.CC.CC.CC.CCO.CCO.Cc1c(C)c(C)c(N(c2ccccc2)c2c(C)c(C)c(C)c(C)c2C)c(C)c1C.Cc1c(C)c(C)c(N(c2ccccc2)c2c(C)c(C)c(C)c(C)c2C)c(C)c1C. The minimum absolute atomic E-state index is 0.250. The second kappa shape index (κ2) is 33.5. The molecule has 0 saturated heterocycles. The molecule has 6 aromatic carbocycles. The van der Waals surface area contributed by atoms with Crippen LogP contribution < -0.4 is 9.80 Å². The van der Waals surface area contributed by atoms with E-state index in [1.165, 1.54) is 145 Å². The normalized spacial score (nSPS) is 9.78. The van der Waals surface area contributed by atoms with E-state index in [-0.39, 0.29) is 13.2 Å². The molecule has 2 N–H and O–H groups in total. The molecule has 0 aliphatic rings. The quantitative estimate of drug-likeness (QED) is 0.175. The van der Waals surface area contributed by atoms with E-state index in [2.05, 4.69) is 209 Å². The lowest BCUT2D eigenvalue weighted by molar-refractivity contribution is 0.318. The lowest BCUT2D eigenvalue weighted by Crippen LogP contribution is -2.18. The zero-order valence-electron chi connectivity index (χ0n) is 52.0. The van der Waals surface area contributed by atoms with Crippen LogP contribution in [0.4, 0.5) is 34.1 Å². The number of hydrogen-bond donors (Lipinski definition) is 2. The molecule has 0 amide bonds. The van der Waals surface area contributed by atoms with Crippen LogP contribution in [0.3, 0.4) is 0 Å². The molecule has 0 saturated carbocycles. The van der Waals surface area contributed by atoms with Crippen LogP contribution in [0.2, 0.25) is 0 Å². The highest BCUT2D eigenvalue weighted by molar-refractivity contribution is 5.88. The first-order chi connectivity index (χ1) is 34.0. The molecule has 0 aliphatic heterocycles. The van der Waals surface area contributed by atoms with Crippen molar-refractivity contribution in [3.8, 4) is 0 Å². The predicted octanol–water partition coefficient (Wildman–Crippen LogP) is 20.6. The first kappa shape index (κ1) is 68.9. The third-order valence-electron chi connectivity index (χ3n) is 14.8. The van der Waals surface area contributed by atoms with Crippen LogP contribution in [0.25, 0.3) is 0 Å². The van der Waals surface area contributed by atoms with Crippen molar-refractivity contribution in [3.63, 3.8) is 0 Å². The summed E-state index contributed by atoms with van der Waals surface area (Å²) in [7, 11) is 0. The van der Waals surface area contributed by atoms with Gasteiger partial charge in [-0.1, -0.05) is 91.8 Å². The Morgan fingerprint density at radius 2 is 0.347 bits per heavy atom. The Hall–Kier alpha value is -5.16. The zero-order chi connectivity index (χ0) is 56.7. The van der Waals surface area contributed by atoms with Crippen LogP contribution in [0.5, 0.6) is 0 Å². The molecular formula is C68H106N2O2. The molecule has 0 radical (unpaired) electrons. The average molecular weight is 984 g/mol. The molecule has 6 aromatic rings. The highest BCUT2D eigenvalue weighted by atomic mass is 16.3. The molecule has 4 nitrogen and oxygen atoms in total. The van der Waals surface area contributed by atoms with Crippen LogP contribution in [-0.4, -0.2) is 23.4 Å². The van der Waals surface area contributed by atoms with Gasteiger partial charge in [0.1, 0.15) is 0 Å². The molecule has 400 valence electrons. The highest BCUT2D eigenvalue weighted by Gasteiger charge is 2.27. The lowest BCUT2D eigenvalue weighted by atomic mass is 9.89. The molecule has 0 aliphatic carbocycles. The molecular weight excluding hydrogens is 877 g/mol. The Balaban J connectivity index is 0. The fourth-order valence-electron chi connectivity index (χ4n) is 9.16. The number of hydrogen-bond acceptors (Lipinski definition) is 4. The Kier molecular flexibility index (Phi) is 32.1. The van der Waals surface area contributed by atoms with Gasteiger partial charge in [-0.05, 0) is 288 Å².